The van der Waals surface area contributed by atoms with Crippen molar-refractivity contribution in [2.45, 2.75) is 56.7 Å². The summed E-state index contributed by atoms with van der Waals surface area (Å²) in [5.74, 6) is 0.794. The molecular formula is C24H27F3N4O3S. The molecule has 2 aromatic rings. The number of amidine groups is 1. The molecule has 1 aromatic carbocycles. The van der Waals surface area contributed by atoms with E-state index in [4.69, 9.17) is 4.99 Å². The van der Waals surface area contributed by atoms with Crippen LogP contribution in [0.4, 0.5) is 13.2 Å². The lowest BCUT2D eigenvalue weighted by molar-refractivity contribution is -0.137. The van der Waals surface area contributed by atoms with Gasteiger partial charge in [0.1, 0.15) is 11.4 Å². The van der Waals surface area contributed by atoms with Gasteiger partial charge in [0.25, 0.3) is 5.91 Å². The number of aliphatic imine (C=N–C) groups is 1. The quantitative estimate of drug-likeness (QED) is 0.640. The molecular weight excluding hydrogens is 481 g/mol. The summed E-state index contributed by atoms with van der Waals surface area (Å²) in [6.07, 6.45) is 3.77. The van der Waals surface area contributed by atoms with Gasteiger partial charge in [-0.3, -0.25) is 9.79 Å². The highest BCUT2D eigenvalue weighted by atomic mass is 32.2. The Labute approximate surface area is 201 Å². The molecule has 11 heteroatoms. The van der Waals surface area contributed by atoms with E-state index in [1.807, 2.05) is 0 Å². The summed E-state index contributed by atoms with van der Waals surface area (Å²) in [5, 5.41) is 4.31. The first-order chi connectivity index (χ1) is 16.6. The molecule has 0 radical (unpaired) electrons. The lowest BCUT2D eigenvalue weighted by atomic mass is 9.88. The predicted octanol–water partition coefficient (Wildman–Crippen LogP) is 4.43. The number of hydrogen-bond donors (Lipinski definition) is 2. The highest BCUT2D eigenvalue weighted by molar-refractivity contribution is 7.92. The minimum atomic E-state index is -4.63. The third-order valence-electron chi connectivity index (χ3n) is 7.35. The highest BCUT2D eigenvalue weighted by Gasteiger charge is 2.48. The number of benzene rings is 1. The van der Waals surface area contributed by atoms with Crippen LogP contribution in [0.25, 0.3) is 17.0 Å². The zero-order chi connectivity index (χ0) is 24.8. The number of fused-ring (bicyclic) bond motifs is 1. The molecule has 1 saturated carbocycles. The van der Waals surface area contributed by atoms with Crippen LogP contribution in [0.3, 0.4) is 0 Å². The summed E-state index contributed by atoms with van der Waals surface area (Å²) in [6.45, 7) is 0.148. The molecule has 0 atom stereocenters. The Morgan fingerprint density at radius 2 is 1.83 bits per heavy atom. The van der Waals surface area contributed by atoms with E-state index < -0.39 is 27.3 Å². The molecule has 3 aliphatic rings. The lowest BCUT2D eigenvalue weighted by Gasteiger charge is -2.34. The number of aromatic nitrogens is 1. The number of hydrogen-bond acceptors (Lipinski definition) is 4. The van der Waals surface area contributed by atoms with Crippen LogP contribution in [0, 0.1) is 5.92 Å². The summed E-state index contributed by atoms with van der Waals surface area (Å²) in [5.41, 5.74) is -1.77. The first-order valence-electron chi connectivity index (χ1n) is 11.9. The highest BCUT2D eigenvalue weighted by Crippen LogP contribution is 2.37. The van der Waals surface area contributed by atoms with E-state index in [0.29, 0.717) is 10.9 Å². The molecule has 0 unspecified atom stereocenters. The van der Waals surface area contributed by atoms with Crippen molar-refractivity contribution in [3.63, 3.8) is 0 Å². The maximum atomic E-state index is 13.6. The maximum Gasteiger partial charge on any atom is 0.417 e. The topological polar surface area (TPSA) is 94.6 Å². The Bertz CT molecular complexity index is 1300. The summed E-state index contributed by atoms with van der Waals surface area (Å²) in [7, 11) is -3.98. The van der Waals surface area contributed by atoms with Gasteiger partial charge in [-0.2, -0.15) is 17.5 Å². The Kier molecular flexibility index (Phi) is 6.03. The summed E-state index contributed by atoms with van der Waals surface area (Å²) < 4.78 is 67.8. The molecule has 2 N–H and O–H groups in total. The van der Waals surface area contributed by atoms with Crippen LogP contribution < -0.4 is 5.32 Å². The third-order valence-corrected chi connectivity index (χ3v) is 8.91. The number of carbonyl (C=O) groups excluding carboxylic acids is 1. The van der Waals surface area contributed by atoms with E-state index in [0.717, 1.165) is 49.1 Å². The van der Waals surface area contributed by atoms with Crippen molar-refractivity contribution in [2.24, 2.45) is 10.9 Å². The number of nitrogens with one attached hydrogen (secondary N) is 2. The van der Waals surface area contributed by atoms with Crippen LogP contribution in [0.1, 0.15) is 56.1 Å². The van der Waals surface area contributed by atoms with Crippen LogP contribution in [0.2, 0.25) is 0 Å². The van der Waals surface area contributed by atoms with Gasteiger partial charge in [-0.25, -0.2) is 8.42 Å². The fourth-order valence-electron chi connectivity index (χ4n) is 5.31. The predicted molar refractivity (Wildman–Crippen MR) is 127 cm³/mol. The molecule has 2 fully saturated rings. The van der Waals surface area contributed by atoms with Gasteiger partial charge < -0.3 is 10.3 Å². The molecule has 188 valence electrons. The van der Waals surface area contributed by atoms with Gasteiger partial charge in [0.15, 0.2) is 0 Å². The summed E-state index contributed by atoms with van der Waals surface area (Å²) in [6, 6.07) is 3.92. The Hall–Kier alpha value is -2.66. The number of alkyl halides is 3. The molecule has 5 rings (SSSR count). The molecule has 1 saturated heterocycles. The molecule has 0 bridgehead atoms. The number of H-pyrrole nitrogens is 1. The SMILES string of the molecule is O=C1NC(C2CCCCC2)=NC12CCN(S(=O)(=O)C=Cc1cc3cc[nH]c3cc1C(F)(F)F)CC2. The van der Waals surface area contributed by atoms with Gasteiger partial charge in [-0.05, 0) is 60.9 Å². The summed E-state index contributed by atoms with van der Waals surface area (Å²) in [4.78, 5) is 20.3. The van der Waals surface area contributed by atoms with Gasteiger partial charge in [0.05, 0.1) is 5.56 Å². The molecule has 35 heavy (non-hydrogen) atoms. The second-order valence-electron chi connectivity index (χ2n) is 9.57. The second-order valence-corrected chi connectivity index (χ2v) is 11.4. The molecule has 1 aliphatic carbocycles. The first kappa shape index (κ1) is 24.1. The third kappa shape index (κ3) is 4.63. The van der Waals surface area contributed by atoms with Gasteiger partial charge in [0.2, 0.25) is 10.0 Å². The molecule has 1 aromatic heterocycles. The van der Waals surface area contributed by atoms with Crippen molar-refractivity contribution in [3.05, 3.63) is 40.9 Å². The fourth-order valence-corrected chi connectivity index (χ4v) is 6.49. The van der Waals surface area contributed by atoms with Crippen LogP contribution in [0.15, 0.2) is 34.8 Å². The molecule has 7 nitrogen and oxygen atoms in total. The van der Waals surface area contributed by atoms with Crippen molar-refractivity contribution < 1.29 is 26.4 Å². The normalized spacial score (nSPS) is 22.3. The Morgan fingerprint density at radius 3 is 2.51 bits per heavy atom. The molecule has 2 aliphatic heterocycles. The molecule has 1 spiro atoms. The number of piperidine rings is 1. The number of halogens is 3. The van der Waals surface area contributed by atoms with E-state index in [-0.39, 0.29) is 43.3 Å². The second kappa shape index (κ2) is 8.77. The largest absolute Gasteiger partial charge is 0.417 e. The van der Waals surface area contributed by atoms with Crippen molar-refractivity contribution >= 4 is 38.7 Å². The van der Waals surface area contributed by atoms with Gasteiger partial charge >= 0.3 is 6.18 Å². The zero-order valence-corrected chi connectivity index (χ0v) is 19.9. The number of rotatable bonds is 4. The van der Waals surface area contributed by atoms with Crippen LogP contribution in [-0.4, -0.2) is 48.1 Å². The summed E-state index contributed by atoms with van der Waals surface area (Å²) >= 11 is 0. The Balaban J connectivity index is 1.32. The van der Waals surface area contributed by atoms with Gasteiger partial charge in [-0.15, -0.1) is 0 Å². The first-order valence-corrected chi connectivity index (χ1v) is 13.4. The van der Waals surface area contributed by atoms with Gasteiger partial charge in [0, 0.05) is 36.1 Å². The van der Waals surface area contributed by atoms with Gasteiger partial charge in [-0.1, -0.05) is 19.3 Å². The number of aromatic amines is 1. The van der Waals surface area contributed by atoms with Crippen molar-refractivity contribution in [1.82, 2.24) is 14.6 Å². The number of carbonyl (C=O) groups is 1. The van der Waals surface area contributed by atoms with Crippen LogP contribution >= 0.6 is 0 Å². The number of nitrogens with zero attached hydrogens (tertiary/aromatic N) is 2. The zero-order valence-electron chi connectivity index (χ0n) is 19.1. The average molecular weight is 509 g/mol. The van der Waals surface area contributed by atoms with Crippen molar-refractivity contribution in [2.75, 3.05) is 13.1 Å². The van der Waals surface area contributed by atoms with Crippen LogP contribution in [-0.2, 0) is 21.0 Å². The smallest absolute Gasteiger partial charge is 0.361 e. The van der Waals surface area contributed by atoms with Crippen molar-refractivity contribution in [1.29, 1.82) is 0 Å². The van der Waals surface area contributed by atoms with E-state index >= 15 is 0 Å². The molecule has 3 heterocycles. The van der Waals surface area contributed by atoms with Crippen LogP contribution in [0.5, 0.6) is 0 Å². The van der Waals surface area contributed by atoms with E-state index in [2.05, 4.69) is 10.3 Å². The van der Waals surface area contributed by atoms with E-state index in [1.165, 1.54) is 23.0 Å². The average Bonchev–Trinajstić information content (AvgIpc) is 3.41. The minimum absolute atomic E-state index is 0.0739. The van der Waals surface area contributed by atoms with E-state index in [1.54, 1.807) is 6.07 Å². The Morgan fingerprint density at radius 1 is 1.11 bits per heavy atom. The minimum Gasteiger partial charge on any atom is -0.361 e. The number of sulfonamides is 1. The maximum absolute atomic E-state index is 13.6. The monoisotopic (exact) mass is 508 g/mol. The molecule has 1 amide bonds. The van der Waals surface area contributed by atoms with E-state index in [9.17, 15) is 26.4 Å². The lowest BCUT2D eigenvalue weighted by Crippen LogP contribution is -2.50. The number of amides is 1. The fraction of sp³-hybridized carbons (Fsp3) is 0.500. The van der Waals surface area contributed by atoms with Crippen molar-refractivity contribution in [3.8, 4) is 0 Å². The standard InChI is InChI=1S/C24H27F3N4O3S/c25-24(26,27)19-15-20-18(6-10-28-20)14-17(19)7-13-35(33,34)31-11-8-23(9-12-31)22(32)29-21(30-23)16-4-2-1-3-5-16/h6-7,10,13-16,28H,1-5,8-9,11-12H2,(H,29,30,32).